The number of anilines is 2. The molecule has 0 spiro atoms. The van der Waals surface area contributed by atoms with Crippen LogP contribution in [0.1, 0.15) is 18.9 Å². The van der Waals surface area contributed by atoms with Crippen LogP contribution in [-0.4, -0.2) is 35.4 Å². The van der Waals surface area contributed by atoms with Gasteiger partial charge in [0.2, 0.25) is 17.7 Å². The number of pyridine rings is 1. The standard InChI is InChI=1S/C22H20ClN7O3/c23-15-8-9-16(15)30-20-19(29(12-26-20)11-17(24)31)21(32)28-22(30)27-13-4-6-14(7-5-13)33-18-3-1-2-10-25-18/h1-7,10,12,15-16H,8-9,11H2,(H2,24,31)(H,27,28,32)/t15-,16?/m0/s1. The Kier molecular flexibility index (Phi) is 5.43. The normalized spacial score (nSPS) is 17.5. The van der Waals surface area contributed by atoms with Crippen LogP contribution in [0.5, 0.6) is 11.6 Å². The van der Waals surface area contributed by atoms with E-state index >= 15 is 0 Å². The van der Waals surface area contributed by atoms with Gasteiger partial charge < -0.3 is 20.4 Å². The van der Waals surface area contributed by atoms with Gasteiger partial charge in [0.15, 0.2) is 11.2 Å². The topological polar surface area (TPSA) is 130 Å². The zero-order valence-corrected chi connectivity index (χ0v) is 18.1. The van der Waals surface area contributed by atoms with E-state index in [2.05, 4.69) is 20.3 Å². The second-order valence-electron chi connectivity index (χ2n) is 7.70. The minimum atomic E-state index is -0.575. The van der Waals surface area contributed by atoms with Crippen molar-refractivity contribution in [3.63, 3.8) is 0 Å². The van der Waals surface area contributed by atoms with Crippen molar-refractivity contribution in [3.05, 3.63) is 65.3 Å². The highest BCUT2D eigenvalue weighted by atomic mass is 35.5. The van der Waals surface area contributed by atoms with Gasteiger partial charge >= 0.3 is 5.56 Å². The summed E-state index contributed by atoms with van der Waals surface area (Å²) >= 11 is 6.47. The Morgan fingerprint density at radius 2 is 2.00 bits per heavy atom. The van der Waals surface area contributed by atoms with Crippen molar-refractivity contribution in [1.29, 1.82) is 0 Å². The third kappa shape index (κ3) is 4.12. The zero-order valence-electron chi connectivity index (χ0n) is 17.4. The van der Waals surface area contributed by atoms with Gasteiger partial charge in [-0.05, 0) is 43.2 Å². The van der Waals surface area contributed by atoms with E-state index in [1.807, 2.05) is 28.8 Å². The molecule has 1 unspecified atom stereocenters. The number of carbonyl (C=O) groups excluding carboxylic acids is 1. The smallest absolute Gasteiger partial charge is 0.300 e. The molecule has 5 rings (SSSR count). The number of amides is 1. The molecule has 33 heavy (non-hydrogen) atoms. The molecule has 1 aliphatic rings. The number of benzene rings is 1. The molecule has 1 amide bonds. The first-order valence-corrected chi connectivity index (χ1v) is 10.8. The molecule has 0 radical (unpaired) electrons. The van der Waals surface area contributed by atoms with Crippen molar-refractivity contribution < 1.29 is 9.53 Å². The lowest BCUT2D eigenvalue weighted by molar-refractivity contribution is -0.118. The molecule has 0 saturated heterocycles. The number of imidazole rings is 1. The van der Waals surface area contributed by atoms with Gasteiger partial charge in [-0.25, -0.2) is 9.97 Å². The fraction of sp³-hybridized carbons (Fsp3) is 0.227. The molecule has 3 heterocycles. The third-order valence-electron chi connectivity index (χ3n) is 5.47. The number of nitrogens with one attached hydrogen (secondary N) is 1. The first-order chi connectivity index (χ1) is 16.0. The summed E-state index contributed by atoms with van der Waals surface area (Å²) in [5, 5.41) is 3.08. The van der Waals surface area contributed by atoms with Crippen LogP contribution in [0.15, 0.2) is 59.8 Å². The minimum Gasteiger partial charge on any atom is -0.439 e. The van der Waals surface area contributed by atoms with Crippen LogP contribution in [0.25, 0.3) is 11.2 Å². The van der Waals surface area contributed by atoms with E-state index in [1.165, 1.54) is 10.9 Å². The number of nitrogens with two attached hydrogens (primary N) is 1. The summed E-state index contributed by atoms with van der Waals surface area (Å²) in [7, 11) is 0. The SMILES string of the molecule is NC(=O)Cn1cnc2c1c(=O)nc(Nc1ccc(Oc3ccccn3)cc1)n2C1CC[C@@H]1Cl. The first-order valence-electron chi connectivity index (χ1n) is 10.4. The maximum Gasteiger partial charge on any atom is 0.300 e. The molecule has 1 aliphatic carbocycles. The van der Waals surface area contributed by atoms with Crippen LogP contribution in [0.4, 0.5) is 11.6 Å². The van der Waals surface area contributed by atoms with E-state index in [0.717, 1.165) is 12.8 Å². The number of ether oxygens (including phenoxy) is 1. The van der Waals surface area contributed by atoms with Gasteiger partial charge in [-0.15, -0.1) is 11.6 Å². The fourth-order valence-corrected chi connectivity index (χ4v) is 4.12. The van der Waals surface area contributed by atoms with E-state index in [-0.39, 0.29) is 23.5 Å². The highest BCUT2D eigenvalue weighted by Gasteiger charge is 2.34. The van der Waals surface area contributed by atoms with Gasteiger partial charge in [0.1, 0.15) is 12.3 Å². The molecule has 1 aromatic carbocycles. The van der Waals surface area contributed by atoms with E-state index in [0.29, 0.717) is 28.9 Å². The predicted octanol–water partition coefficient (Wildman–Crippen LogP) is 2.95. The van der Waals surface area contributed by atoms with Gasteiger partial charge in [0, 0.05) is 18.0 Å². The minimum absolute atomic E-state index is 0.0894. The Balaban J connectivity index is 1.49. The molecule has 4 aromatic rings. The molecule has 0 bridgehead atoms. The molecule has 3 N–H and O–H groups in total. The van der Waals surface area contributed by atoms with Crippen LogP contribution in [0, 0.1) is 0 Å². The largest absolute Gasteiger partial charge is 0.439 e. The zero-order chi connectivity index (χ0) is 22.9. The second kappa shape index (κ2) is 8.55. The average Bonchev–Trinajstić information content (AvgIpc) is 3.20. The molecule has 1 fully saturated rings. The van der Waals surface area contributed by atoms with E-state index in [1.54, 1.807) is 24.4 Å². The summed E-state index contributed by atoms with van der Waals surface area (Å²) in [6.07, 6.45) is 4.75. The summed E-state index contributed by atoms with van der Waals surface area (Å²) < 4.78 is 8.96. The quantitative estimate of drug-likeness (QED) is 0.401. The van der Waals surface area contributed by atoms with Gasteiger partial charge in [0.05, 0.1) is 17.7 Å². The van der Waals surface area contributed by atoms with Crippen LogP contribution >= 0.6 is 11.6 Å². The molecular weight excluding hydrogens is 446 g/mol. The Morgan fingerprint density at radius 1 is 1.18 bits per heavy atom. The molecule has 11 heteroatoms. The van der Waals surface area contributed by atoms with E-state index in [9.17, 15) is 9.59 Å². The van der Waals surface area contributed by atoms with Gasteiger partial charge in [-0.2, -0.15) is 4.98 Å². The number of aromatic nitrogens is 5. The lowest BCUT2D eigenvalue weighted by Crippen LogP contribution is -2.33. The van der Waals surface area contributed by atoms with Crippen LogP contribution in [0.3, 0.4) is 0 Å². The van der Waals surface area contributed by atoms with Crippen molar-refractivity contribution in [2.45, 2.75) is 30.8 Å². The summed E-state index contributed by atoms with van der Waals surface area (Å²) in [6.45, 7) is -0.160. The fourth-order valence-electron chi connectivity index (χ4n) is 3.76. The molecule has 10 nitrogen and oxygen atoms in total. The number of rotatable bonds is 7. The van der Waals surface area contributed by atoms with Crippen LogP contribution in [-0.2, 0) is 11.3 Å². The number of carbonyl (C=O) groups is 1. The number of nitrogens with zero attached hydrogens (tertiary/aromatic N) is 5. The Morgan fingerprint density at radius 3 is 2.64 bits per heavy atom. The van der Waals surface area contributed by atoms with E-state index < -0.39 is 11.5 Å². The van der Waals surface area contributed by atoms with Crippen LogP contribution < -0.4 is 21.3 Å². The third-order valence-corrected chi connectivity index (χ3v) is 5.98. The van der Waals surface area contributed by atoms with Crippen molar-refractivity contribution in [1.82, 2.24) is 24.1 Å². The Hall–Kier alpha value is -3.92. The first kappa shape index (κ1) is 21.0. The second-order valence-corrected chi connectivity index (χ2v) is 8.26. The molecular formula is C22H20ClN7O3. The lowest BCUT2D eigenvalue weighted by Gasteiger charge is -2.35. The number of hydrogen-bond acceptors (Lipinski definition) is 7. The highest BCUT2D eigenvalue weighted by Crippen LogP contribution is 2.40. The van der Waals surface area contributed by atoms with Crippen LogP contribution in [0.2, 0.25) is 0 Å². The molecule has 0 aliphatic heterocycles. The summed E-state index contributed by atoms with van der Waals surface area (Å²) in [4.78, 5) is 37.0. The van der Waals surface area contributed by atoms with Gasteiger partial charge in [0.25, 0.3) is 0 Å². The van der Waals surface area contributed by atoms with E-state index in [4.69, 9.17) is 22.1 Å². The number of primary amides is 1. The maximum absolute atomic E-state index is 12.8. The molecule has 168 valence electrons. The van der Waals surface area contributed by atoms with Crippen molar-refractivity contribution in [2.24, 2.45) is 5.73 Å². The molecule has 2 atom stereocenters. The number of alkyl halides is 1. The average molecular weight is 466 g/mol. The maximum atomic E-state index is 12.8. The van der Waals surface area contributed by atoms with Gasteiger partial charge in [-0.1, -0.05) is 6.07 Å². The number of hydrogen-bond donors (Lipinski definition) is 2. The predicted molar refractivity (Wildman–Crippen MR) is 123 cm³/mol. The Labute approximate surface area is 193 Å². The number of fused-ring (bicyclic) bond motifs is 1. The monoisotopic (exact) mass is 465 g/mol. The number of halogens is 1. The summed E-state index contributed by atoms with van der Waals surface area (Å²) in [5.41, 5.74) is 6.12. The molecule has 1 saturated carbocycles. The van der Waals surface area contributed by atoms with Gasteiger partial charge in [-0.3, -0.25) is 14.2 Å². The Bertz CT molecular complexity index is 1370. The van der Waals surface area contributed by atoms with Crippen molar-refractivity contribution in [2.75, 3.05) is 5.32 Å². The van der Waals surface area contributed by atoms with Crippen molar-refractivity contribution in [3.8, 4) is 11.6 Å². The lowest BCUT2D eigenvalue weighted by atomic mass is 9.92. The van der Waals surface area contributed by atoms with Crippen molar-refractivity contribution >= 4 is 40.3 Å². The summed E-state index contributed by atoms with van der Waals surface area (Å²) in [5.74, 6) is 0.855. The summed E-state index contributed by atoms with van der Waals surface area (Å²) in [6, 6.07) is 12.5. The molecule has 3 aromatic heterocycles. The highest BCUT2D eigenvalue weighted by molar-refractivity contribution is 6.21.